The summed E-state index contributed by atoms with van der Waals surface area (Å²) in [4.78, 5) is 11.5. The summed E-state index contributed by atoms with van der Waals surface area (Å²) in [6, 6.07) is 11.6. The Hall–Kier alpha value is -1.68. The quantitative estimate of drug-likeness (QED) is 0.481. The van der Waals surface area contributed by atoms with Gasteiger partial charge in [0.15, 0.2) is 24.7 Å². The maximum atomic E-state index is 11.5. The number of carbonyl (C=O) groups is 1. The Morgan fingerprint density at radius 1 is 1.16 bits per heavy atom. The minimum absolute atomic E-state index is 0.0941. The highest BCUT2D eigenvalue weighted by molar-refractivity contribution is 9.09. The second kappa shape index (κ2) is 6.48. The zero-order valence-corrected chi connectivity index (χ0v) is 12.3. The lowest BCUT2D eigenvalue weighted by atomic mass is 10.2. The Balaban J connectivity index is 2.08. The summed E-state index contributed by atoms with van der Waals surface area (Å²) in [6.45, 7) is 0.771. The fourth-order valence-electron chi connectivity index (χ4n) is 1.77. The first-order valence-electron chi connectivity index (χ1n) is 5.94. The van der Waals surface area contributed by atoms with Crippen LogP contribution in [-0.2, 0) is 6.54 Å². The van der Waals surface area contributed by atoms with Crippen molar-refractivity contribution in [2.45, 2.75) is 6.54 Å². The highest BCUT2D eigenvalue weighted by atomic mass is 79.9. The minimum Gasteiger partial charge on any atom is -0.497 e. The molecule has 2 aromatic rings. The third-order valence-electron chi connectivity index (χ3n) is 2.86. The minimum atomic E-state index is 0.0941. The molecule has 0 atom stereocenters. The SMILES string of the molecule is COc1ccc(C[n+]2ccc(C(=O)CBr)cc2)cc1. The Labute approximate surface area is 121 Å². The van der Waals surface area contributed by atoms with E-state index in [4.69, 9.17) is 4.74 Å². The van der Waals surface area contributed by atoms with E-state index < -0.39 is 0 Å². The average molecular weight is 321 g/mol. The molecule has 0 unspecified atom stereocenters. The fourth-order valence-corrected chi connectivity index (χ4v) is 2.09. The standard InChI is InChI=1S/C15H15BrNO2/c1-19-14-4-2-12(3-5-14)11-17-8-6-13(7-9-17)15(18)10-16/h2-9H,10-11H2,1H3/q+1. The lowest BCUT2D eigenvalue weighted by Gasteiger charge is -2.01. The van der Waals surface area contributed by atoms with Crippen molar-refractivity contribution >= 4 is 21.7 Å². The lowest BCUT2D eigenvalue weighted by molar-refractivity contribution is -0.688. The van der Waals surface area contributed by atoms with Crippen molar-refractivity contribution in [2.75, 3.05) is 12.4 Å². The molecule has 2 rings (SSSR count). The highest BCUT2D eigenvalue weighted by Crippen LogP contribution is 2.11. The van der Waals surface area contributed by atoms with Crippen molar-refractivity contribution < 1.29 is 14.1 Å². The molecule has 0 saturated heterocycles. The van der Waals surface area contributed by atoms with Gasteiger partial charge >= 0.3 is 0 Å². The van der Waals surface area contributed by atoms with Crippen LogP contribution in [0.15, 0.2) is 48.8 Å². The first-order chi connectivity index (χ1) is 9.22. The first kappa shape index (κ1) is 13.7. The van der Waals surface area contributed by atoms with E-state index in [1.54, 1.807) is 7.11 Å². The van der Waals surface area contributed by atoms with E-state index in [1.807, 2.05) is 53.4 Å². The maximum absolute atomic E-state index is 11.5. The fraction of sp³-hybridized carbons (Fsp3) is 0.200. The average Bonchev–Trinajstić information content (AvgIpc) is 2.48. The van der Waals surface area contributed by atoms with Gasteiger partial charge in [-0.15, -0.1) is 0 Å². The van der Waals surface area contributed by atoms with Gasteiger partial charge in [-0.3, -0.25) is 4.79 Å². The molecule has 0 aliphatic rings. The number of hydrogen-bond acceptors (Lipinski definition) is 2. The van der Waals surface area contributed by atoms with E-state index in [9.17, 15) is 4.79 Å². The van der Waals surface area contributed by atoms with E-state index in [0.717, 1.165) is 17.9 Å². The molecule has 0 N–H and O–H groups in total. The zero-order chi connectivity index (χ0) is 13.7. The molecule has 1 aromatic heterocycles. The maximum Gasteiger partial charge on any atom is 0.173 e. The Morgan fingerprint density at radius 3 is 2.32 bits per heavy atom. The monoisotopic (exact) mass is 320 g/mol. The van der Waals surface area contributed by atoms with E-state index in [-0.39, 0.29) is 5.78 Å². The molecule has 19 heavy (non-hydrogen) atoms. The molecule has 0 spiro atoms. The van der Waals surface area contributed by atoms with Crippen molar-refractivity contribution in [1.29, 1.82) is 0 Å². The van der Waals surface area contributed by atoms with Gasteiger partial charge in [0.1, 0.15) is 5.75 Å². The Kier molecular flexibility index (Phi) is 4.68. The highest BCUT2D eigenvalue weighted by Gasteiger charge is 2.07. The molecule has 1 aromatic carbocycles. The van der Waals surface area contributed by atoms with Crippen molar-refractivity contribution in [2.24, 2.45) is 0 Å². The van der Waals surface area contributed by atoms with Gasteiger partial charge in [-0.05, 0) is 24.3 Å². The number of Topliss-reactive ketones (excluding diaryl/α,β-unsaturated/α-hetero) is 1. The van der Waals surface area contributed by atoms with Gasteiger partial charge in [-0.25, -0.2) is 4.57 Å². The molecule has 0 aliphatic carbocycles. The molecule has 0 aliphatic heterocycles. The largest absolute Gasteiger partial charge is 0.497 e. The number of pyridine rings is 1. The Morgan fingerprint density at radius 2 is 1.79 bits per heavy atom. The third kappa shape index (κ3) is 3.64. The van der Waals surface area contributed by atoms with Crippen LogP contribution < -0.4 is 9.30 Å². The Bertz CT molecular complexity index is 549. The van der Waals surface area contributed by atoms with Gasteiger partial charge in [0, 0.05) is 23.3 Å². The molecule has 0 amide bonds. The van der Waals surface area contributed by atoms with Crippen molar-refractivity contribution in [1.82, 2.24) is 0 Å². The van der Waals surface area contributed by atoms with Crippen LogP contribution >= 0.6 is 15.9 Å². The predicted molar refractivity (Wildman–Crippen MR) is 76.9 cm³/mol. The van der Waals surface area contributed by atoms with Crippen molar-refractivity contribution in [3.05, 3.63) is 59.9 Å². The van der Waals surface area contributed by atoms with Crippen LogP contribution in [0.2, 0.25) is 0 Å². The number of hydrogen-bond donors (Lipinski definition) is 0. The molecule has 0 bridgehead atoms. The topological polar surface area (TPSA) is 30.2 Å². The van der Waals surface area contributed by atoms with Gasteiger partial charge in [0.2, 0.25) is 0 Å². The van der Waals surface area contributed by atoms with Gasteiger partial charge in [0.05, 0.1) is 12.4 Å². The molecule has 98 valence electrons. The van der Waals surface area contributed by atoms with Crippen LogP contribution in [0.3, 0.4) is 0 Å². The lowest BCUT2D eigenvalue weighted by Crippen LogP contribution is -2.33. The summed E-state index contributed by atoms with van der Waals surface area (Å²) in [5.74, 6) is 0.948. The van der Waals surface area contributed by atoms with E-state index >= 15 is 0 Å². The number of rotatable bonds is 5. The molecular formula is C15H15BrNO2+. The van der Waals surface area contributed by atoms with Crippen LogP contribution in [0.4, 0.5) is 0 Å². The second-order valence-corrected chi connectivity index (χ2v) is 4.72. The second-order valence-electron chi connectivity index (χ2n) is 4.16. The molecule has 3 nitrogen and oxygen atoms in total. The van der Waals surface area contributed by atoms with Crippen LogP contribution in [0, 0.1) is 0 Å². The summed E-state index contributed by atoms with van der Waals surface area (Å²) < 4.78 is 7.16. The van der Waals surface area contributed by atoms with Gasteiger partial charge in [-0.1, -0.05) is 15.9 Å². The van der Waals surface area contributed by atoms with E-state index in [0.29, 0.717) is 5.33 Å². The predicted octanol–water partition coefficient (Wildman–Crippen LogP) is 2.61. The smallest absolute Gasteiger partial charge is 0.173 e. The number of carbonyl (C=O) groups excluding carboxylic acids is 1. The molecule has 0 radical (unpaired) electrons. The molecule has 1 heterocycles. The molecule has 4 heteroatoms. The number of aromatic nitrogens is 1. The number of nitrogens with zero attached hydrogens (tertiary/aromatic N) is 1. The first-order valence-corrected chi connectivity index (χ1v) is 7.06. The summed E-state index contributed by atoms with van der Waals surface area (Å²) >= 11 is 3.17. The van der Waals surface area contributed by atoms with E-state index in [1.165, 1.54) is 5.56 Å². The zero-order valence-electron chi connectivity index (χ0n) is 10.7. The number of ether oxygens (including phenoxy) is 1. The number of halogens is 1. The number of ketones is 1. The number of benzene rings is 1. The van der Waals surface area contributed by atoms with Crippen LogP contribution in [-0.4, -0.2) is 18.2 Å². The third-order valence-corrected chi connectivity index (χ3v) is 3.37. The van der Waals surface area contributed by atoms with Crippen LogP contribution in [0.25, 0.3) is 0 Å². The summed E-state index contributed by atoms with van der Waals surface area (Å²) in [7, 11) is 1.66. The van der Waals surface area contributed by atoms with Crippen LogP contribution in [0.1, 0.15) is 15.9 Å². The van der Waals surface area contributed by atoms with Crippen molar-refractivity contribution in [3.63, 3.8) is 0 Å². The molecule has 0 fully saturated rings. The van der Waals surface area contributed by atoms with E-state index in [2.05, 4.69) is 15.9 Å². The number of alkyl halides is 1. The summed E-state index contributed by atoms with van der Waals surface area (Å²) in [5, 5.41) is 0.357. The summed E-state index contributed by atoms with van der Waals surface area (Å²) in [5.41, 5.74) is 1.91. The van der Waals surface area contributed by atoms with Crippen LogP contribution in [0.5, 0.6) is 5.75 Å². The summed E-state index contributed by atoms with van der Waals surface area (Å²) in [6.07, 6.45) is 3.83. The number of methoxy groups -OCH3 is 1. The van der Waals surface area contributed by atoms with Gasteiger partial charge in [0.25, 0.3) is 0 Å². The normalized spacial score (nSPS) is 10.2. The van der Waals surface area contributed by atoms with Gasteiger partial charge in [-0.2, -0.15) is 0 Å². The van der Waals surface area contributed by atoms with Crippen molar-refractivity contribution in [3.8, 4) is 5.75 Å². The molecule has 0 saturated carbocycles. The molecular weight excluding hydrogens is 306 g/mol. The van der Waals surface area contributed by atoms with Gasteiger partial charge < -0.3 is 4.74 Å².